The van der Waals surface area contributed by atoms with Gasteiger partial charge in [-0.05, 0) is 96.0 Å². The van der Waals surface area contributed by atoms with Crippen LogP contribution in [-0.2, 0) is 27.5 Å². The summed E-state index contributed by atoms with van der Waals surface area (Å²) < 4.78 is 20.5. The number of aliphatic hydroxyl groups excluding tert-OH is 2. The highest BCUT2D eigenvalue weighted by molar-refractivity contribution is 6.03. The Balaban J connectivity index is 1.28. The molecule has 2 amide bonds. The van der Waals surface area contributed by atoms with E-state index in [4.69, 9.17) is 24.2 Å². The number of oxime groups is 1. The van der Waals surface area contributed by atoms with Gasteiger partial charge in [-0.3, -0.25) is 4.79 Å². The molecule has 0 aromatic heterocycles. The Labute approximate surface area is 364 Å². The summed E-state index contributed by atoms with van der Waals surface area (Å²) in [6.45, 7) is 5.06. The molecule has 8 rings (SSSR count). The van der Waals surface area contributed by atoms with Crippen molar-refractivity contribution in [1.82, 2.24) is 10.2 Å². The van der Waals surface area contributed by atoms with E-state index in [0.29, 0.717) is 43.9 Å². The number of allylic oxidation sites excluding steroid dienone is 1. The van der Waals surface area contributed by atoms with E-state index in [9.17, 15) is 19.8 Å². The van der Waals surface area contributed by atoms with Gasteiger partial charge in [-0.2, -0.15) is 0 Å². The van der Waals surface area contributed by atoms with E-state index in [-0.39, 0.29) is 49.4 Å². The lowest BCUT2D eigenvalue weighted by Gasteiger charge is -2.60. The molecule has 11 nitrogen and oxygen atoms in total. The van der Waals surface area contributed by atoms with E-state index >= 15 is 0 Å². The second-order valence-corrected chi connectivity index (χ2v) is 17.1. The molecule has 3 N–H and O–H groups in total. The van der Waals surface area contributed by atoms with Crippen LogP contribution in [0.3, 0.4) is 0 Å². The van der Waals surface area contributed by atoms with Gasteiger partial charge in [0.05, 0.1) is 18.2 Å². The SMILES string of the molecule is C=CCOC12Oc3ccc(OC(=O)NCc4ccccc4)cc3C3C(CCCCO)C(CCCCO)C=C(C(=NOC)CC1N(Cc1cccc4ccccc14)C(=O)C1CC1)C32. The number of rotatable bonds is 19. The normalized spacial score (nSPS) is 24.3. The number of hydrogen-bond acceptors (Lipinski definition) is 9. The van der Waals surface area contributed by atoms with Crippen molar-refractivity contribution < 1.29 is 38.9 Å². The Kier molecular flexibility index (Phi) is 13.7. The van der Waals surface area contributed by atoms with Crippen LogP contribution in [0.5, 0.6) is 11.5 Å². The minimum atomic E-state index is -1.39. The summed E-state index contributed by atoms with van der Waals surface area (Å²) in [6, 6.07) is 29.1. The summed E-state index contributed by atoms with van der Waals surface area (Å²) in [7, 11) is 1.55. The van der Waals surface area contributed by atoms with Gasteiger partial charge in [0, 0.05) is 50.1 Å². The number of aliphatic hydroxyl groups is 2. The standard InChI is InChI=1S/C51H59N3O8/c1-3-28-60-51-46(54(49(57)36-22-23-36)33-38-19-13-18-35-16-7-8-20-40(35)38)31-44(53-59-2)42-29-37(17-9-11-26-55)41(21-10-12-27-56)47(48(42)51)43-30-39(24-25-45(43)62-51)61-50(58)52-32-34-14-5-4-6-15-34/h3-8,13-16,18-20,24-25,29-30,36-37,41,46-48,55-56H,1,9-12,17,21-23,26-28,31-33H2,2H3,(H,52,58). The van der Waals surface area contributed by atoms with Crippen molar-refractivity contribution >= 4 is 28.5 Å². The summed E-state index contributed by atoms with van der Waals surface area (Å²) in [5.74, 6) is -1.10. The summed E-state index contributed by atoms with van der Waals surface area (Å²) >= 11 is 0. The highest BCUT2D eigenvalue weighted by Gasteiger charge is 2.66. The monoisotopic (exact) mass is 841 g/mol. The number of amides is 2. The number of ether oxygens (including phenoxy) is 3. The third kappa shape index (κ3) is 9.02. The summed E-state index contributed by atoms with van der Waals surface area (Å²) in [6.07, 6.45) is 9.98. The van der Waals surface area contributed by atoms with Crippen molar-refractivity contribution in [3.05, 3.63) is 132 Å². The van der Waals surface area contributed by atoms with Gasteiger partial charge >= 0.3 is 6.09 Å². The maximum Gasteiger partial charge on any atom is 0.412 e. The van der Waals surface area contributed by atoms with Crippen molar-refractivity contribution in [2.45, 2.75) is 88.6 Å². The molecule has 6 unspecified atom stereocenters. The maximum atomic E-state index is 14.9. The van der Waals surface area contributed by atoms with Gasteiger partial charge in [-0.25, -0.2) is 4.79 Å². The van der Waals surface area contributed by atoms with E-state index in [2.05, 4.69) is 42.2 Å². The average Bonchev–Trinajstić information content (AvgIpc) is 4.15. The van der Waals surface area contributed by atoms with Crippen molar-refractivity contribution in [2.75, 3.05) is 26.9 Å². The molecule has 326 valence electrons. The zero-order valence-corrected chi connectivity index (χ0v) is 35.6. The van der Waals surface area contributed by atoms with Crippen LogP contribution in [0.25, 0.3) is 10.8 Å². The second kappa shape index (κ2) is 19.7. The minimum absolute atomic E-state index is 0.0266. The molecular formula is C51H59N3O8. The Morgan fingerprint density at radius 1 is 0.952 bits per heavy atom. The zero-order chi connectivity index (χ0) is 43.1. The fourth-order valence-corrected chi connectivity index (χ4v) is 10.3. The lowest BCUT2D eigenvalue weighted by Crippen LogP contribution is -2.70. The molecule has 0 saturated heterocycles. The molecule has 2 saturated carbocycles. The average molecular weight is 842 g/mol. The van der Waals surface area contributed by atoms with Crippen LogP contribution in [0.4, 0.5) is 4.79 Å². The van der Waals surface area contributed by atoms with Gasteiger partial charge in [0.2, 0.25) is 11.7 Å². The maximum absolute atomic E-state index is 14.9. The molecule has 0 spiro atoms. The Hall–Kier alpha value is -5.49. The number of benzene rings is 4. The van der Waals surface area contributed by atoms with Crippen LogP contribution in [-0.4, -0.2) is 71.6 Å². The second-order valence-electron chi connectivity index (χ2n) is 17.1. The molecule has 62 heavy (non-hydrogen) atoms. The van der Waals surface area contributed by atoms with Crippen molar-refractivity contribution in [1.29, 1.82) is 0 Å². The number of nitrogens with zero attached hydrogens (tertiary/aromatic N) is 2. The third-order valence-corrected chi connectivity index (χ3v) is 13.1. The Morgan fingerprint density at radius 2 is 1.71 bits per heavy atom. The van der Waals surface area contributed by atoms with Gasteiger partial charge in [0.25, 0.3) is 0 Å². The predicted molar refractivity (Wildman–Crippen MR) is 238 cm³/mol. The van der Waals surface area contributed by atoms with Gasteiger partial charge < -0.3 is 39.5 Å². The highest BCUT2D eigenvalue weighted by atomic mass is 16.7. The summed E-state index contributed by atoms with van der Waals surface area (Å²) in [4.78, 5) is 35.8. The van der Waals surface area contributed by atoms with Crippen LogP contribution < -0.4 is 14.8 Å². The smallest absolute Gasteiger partial charge is 0.412 e. The molecule has 4 aliphatic rings. The number of carbonyl (C=O) groups excluding carboxylic acids is 2. The first kappa shape index (κ1) is 43.2. The summed E-state index contributed by atoms with van der Waals surface area (Å²) in [5.41, 5.74) is 4.54. The number of hydrogen-bond donors (Lipinski definition) is 3. The molecule has 11 heteroatoms. The molecule has 1 heterocycles. The first-order chi connectivity index (χ1) is 30.4. The molecule has 1 aliphatic heterocycles. The van der Waals surface area contributed by atoms with Crippen molar-refractivity contribution in [3.63, 3.8) is 0 Å². The molecule has 4 aromatic rings. The van der Waals surface area contributed by atoms with Gasteiger partial charge in [0.15, 0.2) is 0 Å². The lowest BCUT2D eigenvalue weighted by atomic mass is 9.55. The van der Waals surface area contributed by atoms with Gasteiger partial charge in [-0.15, -0.1) is 6.58 Å². The van der Waals surface area contributed by atoms with Crippen LogP contribution >= 0.6 is 0 Å². The topological polar surface area (TPSA) is 139 Å². The van der Waals surface area contributed by atoms with Gasteiger partial charge in [0.1, 0.15) is 24.7 Å². The molecule has 0 bridgehead atoms. The largest absolute Gasteiger partial charge is 0.459 e. The van der Waals surface area contributed by atoms with Crippen molar-refractivity contribution in [3.8, 4) is 11.5 Å². The number of fused-ring (bicyclic) bond motifs is 3. The molecule has 3 aliphatic carbocycles. The van der Waals surface area contributed by atoms with Crippen LogP contribution in [0.1, 0.15) is 80.4 Å². The first-order valence-electron chi connectivity index (χ1n) is 22.3. The summed E-state index contributed by atoms with van der Waals surface area (Å²) in [5, 5.41) is 29.6. The quantitative estimate of drug-likeness (QED) is 0.0484. The van der Waals surface area contributed by atoms with E-state index < -0.39 is 23.8 Å². The van der Waals surface area contributed by atoms with Crippen LogP contribution in [0.2, 0.25) is 0 Å². The van der Waals surface area contributed by atoms with Gasteiger partial charge in [-0.1, -0.05) is 103 Å². The molecule has 4 aromatic carbocycles. The number of unbranched alkanes of at least 4 members (excludes halogenated alkanes) is 2. The van der Waals surface area contributed by atoms with E-state index in [1.54, 1.807) is 19.3 Å². The van der Waals surface area contributed by atoms with E-state index in [0.717, 1.165) is 77.3 Å². The first-order valence-corrected chi connectivity index (χ1v) is 22.3. The fourth-order valence-electron chi connectivity index (χ4n) is 10.3. The predicted octanol–water partition coefficient (Wildman–Crippen LogP) is 8.83. The fraction of sp³-hybridized carbons (Fsp3) is 0.431. The zero-order valence-electron chi connectivity index (χ0n) is 35.6. The minimum Gasteiger partial charge on any atom is -0.459 e. The third-order valence-electron chi connectivity index (χ3n) is 13.1. The van der Waals surface area contributed by atoms with Crippen molar-refractivity contribution in [2.24, 2.45) is 28.8 Å². The van der Waals surface area contributed by atoms with Crippen LogP contribution in [0, 0.1) is 23.7 Å². The Bertz CT molecular complexity index is 2270. The highest BCUT2D eigenvalue weighted by Crippen LogP contribution is 2.62. The Morgan fingerprint density at radius 3 is 2.47 bits per heavy atom. The van der Waals surface area contributed by atoms with E-state index in [1.807, 2.05) is 65.6 Å². The molecule has 0 radical (unpaired) electrons. The lowest BCUT2D eigenvalue weighted by molar-refractivity contribution is -0.258. The van der Waals surface area contributed by atoms with E-state index in [1.165, 1.54) is 0 Å². The molecular weight excluding hydrogens is 783 g/mol. The number of carbonyl (C=O) groups is 2. The number of nitrogens with one attached hydrogen (secondary N) is 1. The van der Waals surface area contributed by atoms with Crippen LogP contribution in [0.15, 0.2) is 120 Å². The molecule has 6 atom stereocenters. The molecule has 2 fully saturated rings.